The number of sulfonamides is 1. The third-order valence-corrected chi connectivity index (χ3v) is 4.36. The average Bonchev–Trinajstić information content (AvgIpc) is 2.74. The number of hydrogen-bond donors (Lipinski definition) is 3. The summed E-state index contributed by atoms with van der Waals surface area (Å²) in [7, 11) is -3.72. The largest absolute Gasteiger partial charge is 0.367 e. The monoisotopic (exact) mass is 300 g/mol. The second-order valence-electron chi connectivity index (χ2n) is 4.48. The van der Waals surface area contributed by atoms with Crippen molar-refractivity contribution in [2.75, 3.05) is 11.9 Å². The Labute approximate surface area is 117 Å². The summed E-state index contributed by atoms with van der Waals surface area (Å²) in [5.74, 6) is -0.232. The van der Waals surface area contributed by atoms with E-state index in [0.29, 0.717) is 18.7 Å². The van der Waals surface area contributed by atoms with Gasteiger partial charge in [-0.2, -0.15) is 0 Å². The molecule has 0 aliphatic carbocycles. The van der Waals surface area contributed by atoms with Crippen molar-refractivity contribution in [2.24, 2.45) is 0 Å². The van der Waals surface area contributed by atoms with Gasteiger partial charge >= 0.3 is 0 Å². The van der Waals surface area contributed by atoms with Crippen LogP contribution < -0.4 is 10.0 Å². The van der Waals surface area contributed by atoms with Gasteiger partial charge in [-0.3, -0.25) is 4.79 Å². The zero-order valence-corrected chi connectivity index (χ0v) is 11.7. The van der Waals surface area contributed by atoms with Crippen LogP contribution in [0.2, 0.25) is 0 Å². The fourth-order valence-electron chi connectivity index (χ4n) is 1.88. The Morgan fingerprint density at radius 2 is 2.00 bits per heavy atom. The lowest BCUT2D eigenvalue weighted by Crippen LogP contribution is -2.40. The van der Waals surface area contributed by atoms with E-state index in [9.17, 15) is 18.3 Å². The van der Waals surface area contributed by atoms with Gasteiger partial charge in [-0.05, 0) is 30.7 Å². The molecule has 7 nitrogen and oxygen atoms in total. The van der Waals surface area contributed by atoms with E-state index in [2.05, 4.69) is 10.0 Å². The molecule has 3 N–H and O–H groups in total. The van der Waals surface area contributed by atoms with Crippen molar-refractivity contribution in [1.82, 2.24) is 4.72 Å². The van der Waals surface area contributed by atoms with Gasteiger partial charge in [0.15, 0.2) is 6.29 Å². The van der Waals surface area contributed by atoms with E-state index in [1.807, 2.05) is 0 Å². The van der Waals surface area contributed by atoms with Crippen LogP contribution in [0.5, 0.6) is 0 Å². The molecule has 0 aromatic heterocycles. The Bertz CT molecular complexity index is 584. The highest BCUT2D eigenvalue weighted by Gasteiger charge is 2.30. The van der Waals surface area contributed by atoms with Crippen LogP contribution in [0.1, 0.15) is 13.3 Å². The number of aliphatic hydroxyl groups excluding tert-OH is 1. The van der Waals surface area contributed by atoms with Crippen molar-refractivity contribution < 1.29 is 23.1 Å². The van der Waals surface area contributed by atoms with Crippen LogP contribution in [0, 0.1) is 0 Å². The van der Waals surface area contributed by atoms with Gasteiger partial charge in [-0.1, -0.05) is 0 Å². The van der Waals surface area contributed by atoms with E-state index in [1.54, 1.807) is 0 Å². The molecule has 1 aromatic rings. The third-order valence-electron chi connectivity index (χ3n) is 2.85. The Kier molecular flexibility index (Phi) is 4.39. The first kappa shape index (κ1) is 14.9. The van der Waals surface area contributed by atoms with Gasteiger partial charge in [-0.15, -0.1) is 0 Å². The standard InChI is InChI=1S/C12H16N2O5S/c1-8(15)13-9-2-4-10(5-3-9)20(17,18)14-11-6-7-19-12(11)16/h2-5,11-12,14,16H,6-7H2,1H3,(H,13,15)/t11-,12-/m0/s1. The van der Waals surface area contributed by atoms with Crippen LogP contribution in [0.25, 0.3) is 0 Å². The number of anilines is 1. The van der Waals surface area contributed by atoms with Gasteiger partial charge in [-0.25, -0.2) is 13.1 Å². The molecule has 20 heavy (non-hydrogen) atoms. The Balaban J connectivity index is 2.11. The van der Waals surface area contributed by atoms with Crippen LogP contribution in [-0.2, 0) is 19.6 Å². The fraction of sp³-hybridized carbons (Fsp3) is 0.417. The minimum Gasteiger partial charge on any atom is -0.367 e. The van der Waals surface area contributed by atoms with Crippen molar-refractivity contribution in [3.8, 4) is 0 Å². The minimum absolute atomic E-state index is 0.0608. The molecule has 1 heterocycles. The molecule has 2 atom stereocenters. The summed E-state index contributed by atoms with van der Waals surface area (Å²) in [4.78, 5) is 10.9. The number of hydrogen-bond acceptors (Lipinski definition) is 5. The lowest BCUT2D eigenvalue weighted by atomic mass is 10.3. The number of carbonyl (C=O) groups is 1. The molecular formula is C12H16N2O5S. The summed E-state index contributed by atoms with van der Waals surface area (Å²) in [6.07, 6.45) is -0.701. The molecule has 0 radical (unpaired) electrons. The Hall–Kier alpha value is -1.48. The first-order valence-electron chi connectivity index (χ1n) is 6.08. The average molecular weight is 300 g/mol. The molecule has 1 fully saturated rings. The Morgan fingerprint density at radius 1 is 1.35 bits per heavy atom. The number of nitrogens with one attached hydrogen (secondary N) is 2. The lowest BCUT2D eigenvalue weighted by molar-refractivity contribution is -0.114. The van der Waals surface area contributed by atoms with Gasteiger partial charge in [0.2, 0.25) is 15.9 Å². The Morgan fingerprint density at radius 3 is 2.50 bits per heavy atom. The molecule has 1 aliphatic rings. The van der Waals surface area contributed by atoms with Crippen LogP contribution in [0.15, 0.2) is 29.2 Å². The highest BCUT2D eigenvalue weighted by atomic mass is 32.2. The fourth-order valence-corrected chi connectivity index (χ4v) is 3.14. The van der Waals surface area contributed by atoms with Gasteiger partial charge < -0.3 is 15.2 Å². The first-order valence-corrected chi connectivity index (χ1v) is 7.56. The minimum atomic E-state index is -3.72. The molecule has 1 amide bonds. The van der Waals surface area contributed by atoms with Gasteiger partial charge in [0, 0.05) is 12.6 Å². The molecule has 1 saturated heterocycles. The van der Waals surface area contributed by atoms with E-state index in [4.69, 9.17) is 4.74 Å². The van der Waals surface area contributed by atoms with Crippen molar-refractivity contribution in [2.45, 2.75) is 30.6 Å². The van der Waals surface area contributed by atoms with E-state index >= 15 is 0 Å². The molecule has 1 aromatic carbocycles. The number of amides is 1. The molecule has 0 bridgehead atoms. The van der Waals surface area contributed by atoms with Crippen LogP contribution in [-0.4, -0.2) is 38.4 Å². The SMILES string of the molecule is CC(=O)Nc1ccc(S(=O)(=O)N[C@H]2CCO[C@@H]2O)cc1. The maximum atomic E-state index is 12.1. The van der Waals surface area contributed by atoms with Crippen molar-refractivity contribution >= 4 is 21.6 Å². The predicted molar refractivity (Wildman–Crippen MR) is 71.4 cm³/mol. The first-order chi connectivity index (χ1) is 9.38. The second kappa shape index (κ2) is 5.88. The normalized spacial score (nSPS) is 22.7. The number of carbonyl (C=O) groups excluding carboxylic acids is 1. The molecule has 2 rings (SSSR count). The highest BCUT2D eigenvalue weighted by molar-refractivity contribution is 7.89. The number of ether oxygens (including phenoxy) is 1. The maximum absolute atomic E-state index is 12.1. The van der Waals surface area contributed by atoms with Crippen molar-refractivity contribution in [1.29, 1.82) is 0 Å². The van der Waals surface area contributed by atoms with E-state index in [1.165, 1.54) is 31.2 Å². The van der Waals surface area contributed by atoms with Crippen molar-refractivity contribution in [3.05, 3.63) is 24.3 Å². The summed E-state index contributed by atoms with van der Waals surface area (Å²) in [5.41, 5.74) is 0.515. The summed E-state index contributed by atoms with van der Waals surface area (Å²) in [6.45, 7) is 1.68. The van der Waals surface area contributed by atoms with Crippen molar-refractivity contribution in [3.63, 3.8) is 0 Å². The molecule has 0 saturated carbocycles. The third kappa shape index (κ3) is 3.54. The molecule has 0 spiro atoms. The molecular weight excluding hydrogens is 284 g/mol. The van der Waals surface area contributed by atoms with Gasteiger partial charge in [0.25, 0.3) is 0 Å². The molecule has 1 aliphatic heterocycles. The smallest absolute Gasteiger partial charge is 0.240 e. The summed E-state index contributed by atoms with van der Waals surface area (Å²) in [6, 6.07) is 5.12. The lowest BCUT2D eigenvalue weighted by Gasteiger charge is -2.15. The molecule has 8 heteroatoms. The van der Waals surface area contributed by atoms with E-state index in [0.717, 1.165) is 0 Å². The zero-order valence-electron chi connectivity index (χ0n) is 10.9. The quantitative estimate of drug-likeness (QED) is 0.727. The highest BCUT2D eigenvalue weighted by Crippen LogP contribution is 2.17. The number of aliphatic hydroxyl groups is 1. The molecule has 0 unspecified atom stereocenters. The predicted octanol–water partition coefficient (Wildman–Crippen LogP) is 0.0306. The van der Waals surface area contributed by atoms with Gasteiger partial charge in [0.1, 0.15) is 0 Å². The maximum Gasteiger partial charge on any atom is 0.240 e. The molecule has 110 valence electrons. The van der Waals surface area contributed by atoms with Crippen LogP contribution >= 0.6 is 0 Å². The zero-order chi connectivity index (χ0) is 14.8. The van der Waals surface area contributed by atoms with Crippen LogP contribution in [0.3, 0.4) is 0 Å². The van der Waals surface area contributed by atoms with Crippen LogP contribution in [0.4, 0.5) is 5.69 Å². The summed E-state index contributed by atoms with van der Waals surface area (Å²) >= 11 is 0. The number of rotatable bonds is 4. The summed E-state index contributed by atoms with van der Waals surface area (Å²) in [5, 5.41) is 12.0. The van der Waals surface area contributed by atoms with E-state index in [-0.39, 0.29) is 10.8 Å². The number of benzene rings is 1. The summed E-state index contributed by atoms with van der Waals surface area (Å²) < 4.78 is 31.5. The van der Waals surface area contributed by atoms with Gasteiger partial charge in [0.05, 0.1) is 17.5 Å². The topological polar surface area (TPSA) is 105 Å². The van der Waals surface area contributed by atoms with E-state index < -0.39 is 22.4 Å². The second-order valence-corrected chi connectivity index (χ2v) is 6.20.